The first-order chi connectivity index (χ1) is 19.4. The second kappa shape index (κ2) is 16.5. The van der Waals surface area contributed by atoms with Gasteiger partial charge in [0.15, 0.2) is 5.78 Å². The molecule has 10 nitrogen and oxygen atoms in total. The number of Topliss-reactive ketones (excluding diaryl/α,β-unsaturated/α-hetero) is 1. The van der Waals surface area contributed by atoms with Crippen molar-refractivity contribution >= 4 is 29.6 Å². The molecule has 41 heavy (non-hydrogen) atoms. The van der Waals surface area contributed by atoms with Gasteiger partial charge in [0.2, 0.25) is 11.8 Å². The maximum Gasteiger partial charge on any atom is 0.328 e. The Kier molecular flexibility index (Phi) is 13.5. The van der Waals surface area contributed by atoms with Crippen LogP contribution in [0.1, 0.15) is 64.5 Å². The third-order valence-corrected chi connectivity index (χ3v) is 7.15. The summed E-state index contributed by atoms with van der Waals surface area (Å²) in [4.78, 5) is 64.0. The molecule has 1 aromatic carbocycles. The molecule has 226 valence electrons. The summed E-state index contributed by atoms with van der Waals surface area (Å²) in [6.45, 7) is 9.66. The first-order valence-corrected chi connectivity index (χ1v) is 14.4. The van der Waals surface area contributed by atoms with Crippen molar-refractivity contribution < 1.29 is 28.7 Å². The molecule has 0 bridgehead atoms. The predicted molar refractivity (Wildman–Crippen MR) is 157 cm³/mol. The van der Waals surface area contributed by atoms with Crippen LogP contribution in [0.15, 0.2) is 36.4 Å². The molecule has 0 fully saturated rings. The van der Waals surface area contributed by atoms with Gasteiger partial charge in [-0.05, 0) is 43.6 Å². The standard InChI is InChI=1S/C31H46N4O6/c1-19(2)27(34-31(40)35-28(20(3)4)30(39)41-6)25(36)18-23-12-7-8-15-32-26(37)14-13-24(33-29(23)38)17-22-11-9-10-21(5)16-22/h9-11,13-14,16,19-20,23-24,27-28H,7-8,12,15,17-18H2,1-6H3,(H,32,37)(H,33,38)(H2,34,35,40)/b14-13+/t23-,24-,27+,28+/m1/s1. The zero-order valence-electron chi connectivity index (χ0n) is 25.1. The summed E-state index contributed by atoms with van der Waals surface area (Å²) in [6, 6.07) is 5.14. The van der Waals surface area contributed by atoms with Gasteiger partial charge in [0, 0.05) is 25.0 Å². The molecule has 0 radical (unpaired) electrons. The van der Waals surface area contributed by atoms with E-state index in [0.29, 0.717) is 32.2 Å². The van der Waals surface area contributed by atoms with E-state index in [1.54, 1.807) is 19.9 Å². The number of nitrogens with one attached hydrogen (secondary N) is 4. The van der Waals surface area contributed by atoms with E-state index in [1.165, 1.54) is 13.2 Å². The van der Waals surface area contributed by atoms with Gasteiger partial charge in [0.25, 0.3) is 0 Å². The van der Waals surface area contributed by atoms with Gasteiger partial charge >= 0.3 is 12.0 Å². The first-order valence-electron chi connectivity index (χ1n) is 14.4. The predicted octanol–water partition coefficient (Wildman–Crippen LogP) is 2.98. The number of urea groups is 1. The van der Waals surface area contributed by atoms with Crippen molar-refractivity contribution in [1.29, 1.82) is 0 Å². The topological polar surface area (TPSA) is 143 Å². The van der Waals surface area contributed by atoms with Crippen LogP contribution in [0.25, 0.3) is 0 Å². The molecule has 0 spiro atoms. The summed E-state index contributed by atoms with van der Waals surface area (Å²) in [6.07, 6.45) is 5.35. The normalized spacial score (nSPS) is 20.5. The molecule has 10 heteroatoms. The third kappa shape index (κ3) is 11.4. The van der Waals surface area contributed by atoms with E-state index in [2.05, 4.69) is 21.3 Å². The zero-order valence-corrected chi connectivity index (χ0v) is 25.1. The molecule has 0 aliphatic carbocycles. The molecule has 1 heterocycles. The molecule has 0 unspecified atom stereocenters. The molecule has 4 N–H and O–H groups in total. The molecular weight excluding hydrogens is 524 g/mol. The number of ether oxygens (including phenoxy) is 1. The van der Waals surface area contributed by atoms with Crippen molar-refractivity contribution in [3.8, 4) is 0 Å². The highest BCUT2D eigenvalue weighted by molar-refractivity contribution is 5.93. The number of amides is 4. The fraction of sp³-hybridized carbons (Fsp3) is 0.581. The van der Waals surface area contributed by atoms with Crippen molar-refractivity contribution in [3.63, 3.8) is 0 Å². The summed E-state index contributed by atoms with van der Waals surface area (Å²) < 4.78 is 4.78. The number of esters is 1. The van der Waals surface area contributed by atoms with Crippen LogP contribution >= 0.6 is 0 Å². The molecule has 4 atom stereocenters. The maximum absolute atomic E-state index is 13.5. The van der Waals surface area contributed by atoms with Crippen LogP contribution in [0.3, 0.4) is 0 Å². The van der Waals surface area contributed by atoms with E-state index >= 15 is 0 Å². The first kappa shape index (κ1) is 33.5. The Balaban J connectivity index is 2.18. The van der Waals surface area contributed by atoms with Gasteiger partial charge in [-0.15, -0.1) is 0 Å². The maximum atomic E-state index is 13.5. The minimum absolute atomic E-state index is 0.0488. The lowest BCUT2D eigenvalue weighted by Gasteiger charge is -2.27. The highest BCUT2D eigenvalue weighted by Crippen LogP contribution is 2.19. The van der Waals surface area contributed by atoms with Gasteiger partial charge in [-0.3, -0.25) is 14.4 Å². The summed E-state index contributed by atoms with van der Waals surface area (Å²) >= 11 is 0. The fourth-order valence-electron chi connectivity index (χ4n) is 4.81. The number of aryl methyl sites for hydroxylation is 1. The Hall–Kier alpha value is -3.69. The smallest absolute Gasteiger partial charge is 0.328 e. The van der Waals surface area contributed by atoms with E-state index < -0.39 is 36.0 Å². The van der Waals surface area contributed by atoms with E-state index in [-0.39, 0.29) is 35.9 Å². The molecular formula is C31H46N4O6. The van der Waals surface area contributed by atoms with Crippen molar-refractivity contribution in [2.75, 3.05) is 13.7 Å². The van der Waals surface area contributed by atoms with Gasteiger partial charge in [-0.25, -0.2) is 9.59 Å². The van der Waals surface area contributed by atoms with Gasteiger partial charge in [-0.1, -0.05) is 70.0 Å². The Morgan fingerprint density at radius 1 is 1.02 bits per heavy atom. The van der Waals surface area contributed by atoms with E-state index in [1.807, 2.05) is 45.0 Å². The Morgan fingerprint density at radius 2 is 1.71 bits per heavy atom. The Labute approximate surface area is 243 Å². The van der Waals surface area contributed by atoms with Crippen LogP contribution < -0.4 is 21.3 Å². The highest BCUT2D eigenvalue weighted by atomic mass is 16.5. The van der Waals surface area contributed by atoms with E-state index in [0.717, 1.165) is 11.1 Å². The number of hydrogen-bond acceptors (Lipinski definition) is 6. The number of rotatable bonds is 10. The largest absolute Gasteiger partial charge is 0.467 e. The number of carbonyl (C=O) groups excluding carboxylic acids is 5. The zero-order chi connectivity index (χ0) is 30.5. The second-order valence-corrected chi connectivity index (χ2v) is 11.4. The molecule has 1 aliphatic heterocycles. The summed E-state index contributed by atoms with van der Waals surface area (Å²) in [5.41, 5.74) is 2.11. The minimum Gasteiger partial charge on any atom is -0.467 e. The van der Waals surface area contributed by atoms with Crippen molar-refractivity contribution in [1.82, 2.24) is 21.3 Å². The number of hydrogen-bond donors (Lipinski definition) is 4. The molecule has 1 aliphatic rings. The second-order valence-electron chi connectivity index (χ2n) is 11.4. The molecule has 1 aromatic rings. The number of carbonyl (C=O) groups is 5. The molecule has 0 aromatic heterocycles. The van der Waals surface area contributed by atoms with Crippen LogP contribution in [-0.4, -0.2) is 61.4 Å². The average Bonchev–Trinajstić information content (AvgIpc) is 2.90. The lowest BCUT2D eigenvalue weighted by Crippen LogP contribution is -2.54. The van der Waals surface area contributed by atoms with Crippen LogP contribution in [0, 0.1) is 24.7 Å². The number of ketones is 1. The highest BCUT2D eigenvalue weighted by Gasteiger charge is 2.32. The van der Waals surface area contributed by atoms with Crippen LogP contribution in [0.5, 0.6) is 0 Å². The monoisotopic (exact) mass is 570 g/mol. The van der Waals surface area contributed by atoms with Crippen LogP contribution in [0.2, 0.25) is 0 Å². The van der Waals surface area contributed by atoms with Crippen molar-refractivity contribution in [3.05, 3.63) is 47.5 Å². The van der Waals surface area contributed by atoms with E-state index in [9.17, 15) is 24.0 Å². The van der Waals surface area contributed by atoms with E-state index in [4.69, 9.17) is 4.74 Å². The van der Waals surface area contributed by atoms with Gasteiger partial charge in [0.05, 0.1) is 19.2 Å². The summed E-state index contributed by atoms with van der Waals surface area (Å²) in [7, 11) is 1.25. The van der Waals surface area contributed by atoms with Gasteiger partial charge in [0.1, 0.15) is 6.04 Å². The minimum atomic E-state index is -0.862. The Bertz CT molecular complexity index is 1100. The summed E-state index contributed by atoms with van der Waals surface area (Å²) in [5.74, 6) is -2.37. The number of benzene rings is 1. The molecule has 4 amide bonds. The summed E-state index contributed by atoms with van der Waals surface area (Å²) in [5, 5.41) is 11.2. The number of methoxy groups -OCH3 is 1. The molecule has 0 saturated carbocycles. The van der Waals surface area contributed by atoms with Gasteiger partial charge < -0.3 is 26.0 Å². The van der Waals surface area contributed by atoms with Crippen LogP contribution in [0.4, 0.5) is 4.79 Å². The quantitative estimate of drug-likeness (QED) is 0.319. The van der Waals surface area contributed by atoms with Crippen LogP contribution in [-0.2, 0) is 30.3 Å². The van der Waals surface area contributed by atoms with Crippen molar-refractivity contribution in [2.45, 2.75) is 84.8 Å². The lowest BCUT2D eigenvalue weighted by molar-refractivity contribution is -0.144. The van der Waals surface area contributed by atoms with Crippen molar-refractivity contribution in [2.24, 2.45) is 17.8 Å². The lowest BCUT2D eigenvalue weighted by atomic mass is 9.88. The third-order valence-electron chi connectivity index (χ3n) is 7.15. The molecule has 2 rings (SSSR count). The SMILES string of the molecule is COC(=O)[C@@H](NC(=O)N[C@H](C(=O)C[C@H]1CCCCNC(=O)/C=C/[C@H](Cc2cccc(C)c2)NC1=O)C(C)C)C(C)C. The average molecular weight is 571 g/mol. The molecule has 0 saturated heterocycles. The Morgan fingerprint density at radius 3 is 2.34 bits per heavy atom. The van der Waals surface area contributed by atoms with Gasteiger partial charge in [-0.2, -0.15) is 0 Å². The fourth-order valence-corrected chi connectivity index (χ4v) is 4.81.